The van der Waals surface area contributed by atoms with Gasteiger partial charge in [0.25, 0.3) is 0 Å². The molecule has 0 saturated heterocycles. The minimum absolute atomic E-state index is 0. The number of hydrogen-bond acceptors (Lipinski definition) is 4. The first-order valence-electron chi connectivity index (χ1n) is 4.59. The lowest BCUT2D eigenvalue weighted by molar-refractivity contribution is -0.141. The molecule has 88 valence electrons. The highest BCUT2D eigenvalue weighted by atomic mass is 35.5. The molecule has 0 spiro atoms. The Morgan fingerprint density at radius 3 is 2.38 bits per heavy atom. The number of esters is 1. The van der Waals surface area contributed by atoms with Gasteiger partial charge in [-0.2, -0.15) is 0 Å². The summed E-state index contributed by atoms with van der Waals surface area (Å²) in [6.45, 7) is 1.20. The van der Waals surface area contributed by atoms with Gasteiger partial charge in [-0.05, 0) is 0 Å². The van der Waals surface area contributed by atoms with Crippen LogP contribution in [0.25, 0.3) is 0 Å². The Balaban J connectivity index is 0.00000225. The summed E-state index contributed by atoms with van der Waals surface area (Å²) in [5.74, 6) is -0.664. The molecule has 0 fully saturated rings. The molecule has 0 aliphatic heterocycles. The van der Waals surface area contributed by atoms with Gasteiger partial charge in [0, 0.05) is 12.5 Å². The number of ketones is 1. The normalized spacial score (nSPS) is 11.1. The molecule has 0 aliphatic carbocycles. The second-order valence-electron chi connectivity index (χ2n) is 3.14. The van der Waals surface area contributed by atoms with Crippen LogP contribution < -0.4 is 5.73 Å². The van der Waals surface area contributed by atoms with Crippen LogP contribution in [-0.4, -0.2) is 24.4 Å². The van der Waals surface area contributed by atoms with Crippen LogP contribution in [0.3, 0.4) is 0 Å². The maximum absolute atomic E-state index is 11.6. The molecule has 0 saturated carbocycles. The van der Waals surface area contributed by atoms with Crippen molar-refractivity contribution in [2.24, 2.45) is 5.73 Å². The molecule has 0 bridgehead atoms. The summed E-state index contributed by atoms with van der Waals surface area (Å²) < 4.78 is 4.66. The molecule has 5 heteroatoms. The van der Waals surface area contributed by atoms with Crippen molar-refractivity contribution in [2.75, 3.05) is 6.61 Å². The maximum Gasteiger partial charge on any atom is 0.302 e. The summed E-state index contributed by atoms with van der Waals surface area (Å²) in [6, 6.07) is 7.88. The predicted molar refractivity (Wildman–Crippen MR) is 62.6 cm³/mol. The SMILES string of the molecule is CC(=O)OCC(N)C(=O)c1ccccc1.Cl. The molecule has 0 heterocycles. The van der Waals surface area contributed by atoms with E-state index in [1.807, 2.05) is 6.07 Å². The molecule has 1 rings (SSSR count). The highest BCUT2D eigenvalue weighted by molar-refractivity contribution is 6.00. The van der Waals surface area contributed by atoms with Crippen molar-refractivity contribution in [3.05, 3.63) is 35.9 Å². The van der Waals surface area contributed by atoms with E-state index in [0.29, 0.717) is 5.56 Å². The van der Waals surface area contributed by atoms with E-state index in [-0.39, 0.29) is 24.8 Å². The lowest BCUT2D eigenvalue weighted by atomic mass is 10.1. The Bertz CT molecular complexity index is 354. The number of benzene rings is 1. The third-order valence-corrected chi connectivity index (χ3v) is 1.86. The third-order valence-electron chi connectivity index (χ3n) is 1.86. The first-order chi connectivity index (χ1) is 7.11. The van der Waals surface area contributed by atoms with Crippen LogP contribution in [0.1, 0.15) is 17.3 Å². The Morgan fingerprint density at radius 2 is 1.88 bits per heavy atom. The zero-order valence-corrected chi connectivity index (χ0v) is 9.70. The van der Waals surface area contributed by atoms with Gasteiger partial charge in [0.15, 0.2) is 5.78 Å². The van der Waals surface area contributed by atoms with Gasteiger partial charge in [-0.3, -0.25) is 9.59 Å². The minimum Gasteiger partial charge on any atom is -0.464 e. The highest BCUT2D eigenvalue weighted by Gasteiger charge is 2.16. The van der Waals surface area contributed by atoms with E-state index < -0.39 is 12.0 Å². The fraction of sp³-hybridized carbons (Fsp3) is 0.273. The monoisotopic (exact) mass is 243 g/mol. The Kier molecular flexibility index (Phi) is 6.37. The van der Waals surface area contributed by atoms with E-state index in [4.69, 9.17) is 5.73 Å². The summed E-state index contributed by atoms with van der Waals surface area (Å²) >= 11 is 0. The van der Waals surface area contributed by atoms with Gasteiger partial charge in [-0.1, -0.05) is 30.3 Å². The number of Topliss-reactive ketones (excluding diaryl/α,β-unsaturated/α-hetero) is 1. The van der Waals surface area contributed by atoms with Crippen LogP contribution in [-0.2, 0) is 9.53 Å². The number of halogens is 1. The van der Waals surface area contributed by atoms with Crippen molar-refractivity contribution in [3.8, 4) is 0 Å². The van der Waals surface area contributed by atoms with Crippen LogP contribution in [0.5, 0.6) is 0 Å². The van der Waals surface area contributed by atoms with Crippen molar-refractivity contribution in [3.63, 3.8) is 0 Å². The molecule has 4 nitrogen and oxygen atoms in total. The standard InChI is InChI=1S/C11H13NO3.ClH/c1-8(13)15-7-10(12)11(14)9-5-3-2-4-6-9;/h2-6,10H,7,12H2,1H3;1H. The summed E-state index contributed by atoms with van der Waals surface area (Å²) in [5, 5.41) is 0. The molecule has 16 heavy (non-hydrogen) atoms. The fourth-order valence-electron chi connectivity index (χ4n) is 1.10. The molecule has 2 N–H and O–H groups in total. The van der Waals surface area contributed by atoms with Crippen molar-refractivity contribution in [1.82, 2.24) is 0 Å². The van der Waals surface area contributed by atoms with Gasteiger partial charge in [-0.15, -0.1) is 12.4 Å². The summed E-state index contributed by atoms with van der Waals surface area (Å²) in [4.78, 5) is 22.2. The molecule has 0 aliphatic rings. The number of ether oxygens (including phenoxy) is 1. The largest absolute Gasteiger partial charge is 0.464 e. The molecule has 1 unspecified atom stereocenters. The van der Waals surface area contributed by atoms with E-state index in [0.717, 1.165) is 0 Å². The third kappa shape index (κ3) is 4.42. The van der Waals surface area contributed by atoms with Crippen molar-refractivity contribution in [1.29, 1.82) is 0 Å². The maximum atomic E-state index is 11.6. The van der Waals surface area contributed by atoms with Crippen LogP contribution in [0.15, 0.2) is 30.3 Å². The van der Waals surface area contributed by atoms with Gasteiger partial charge in [0.05, 0.1) is 0 Å². The summed E-state index contributed by atoms with van der Waals surface area (Å²) in [7, 11) is 0. The molecule has 1 aromatic carbocycles. The summed E-state index contributed by atoms with van der Waals surface area (Å²) in [5.41, 5.74) is 6.10. The Morgan fingerprint density at radius 1 is 1.31 bits per heavy atom. The Labute approximate surface area is 100 Å². The van der Waals surface area contributed by atoms with Gasteiger partial charge < -0.3 is 10.5 Å². The van der Waals surface area contributed by atoms with Crippen molar-refractivity contribution < 1.29 is 14.3 Å². The molecule has 0 radical (unpaired) electrons. The topological polar surface area (TPSA) is 69.4 Å². The highest BCUT2D eigenvalue weighted by Crippen LogP contribution is 2.02. The van der Waals surface area contributed by atoms with Gasteiger partial charge in [0.2, 0.25) is 0 Å². The number of rotatable bonds is 4. The van der Waals surface area contributed by atoms with Gasteiger partial charge in [-0.25, -0.2) is 0 Å². The lowest BCUT2D eigenvalue weighted by Gasteiger charge is -2.09. The molecule has 0 amide bonds. The quantitative estimate of drug-likeness (QED) is 0.637. The van der Waals surface area contributed by atoms with E-state index in [1.165, 1.54) is 6.92 Å². The number of carbonyl (C=O) groups excluding carboxylic acids is 2. The molecular formula is C11H14ClNO3. The predicted octanol–water partition coefficient (Wildman–Crippen LogP) is 1.18. The fourth-order valence-corrected chi connectivity index (χ4v) is 1.10. The lowest BCUT2D eigenvalue weighted by Crippen LogP contribution is -2.35. The summed E-state index contributed by atoms with van der Waals surface area (Å²) in [6.07, 6.45) is 0. The smallest absolute Gasteiger partial charge is 0.302 e. The number of hydrogen-bond donors (Lipinski definition) is 1. The average Bonchev–Trinajstić information content (AvgIpc) is 2.26. The number of nitrogens with two attached hydrogens (primary N) is 1. The van der Waals surface area contributed by atoms with Gasteiger partial charge in [0.1, 0.15) is 12.6 Å². The van der Waals surface area contributed by atoms with Crippen molar-refractivity contribution in [2.45, 2.75) is 13.0 Å². The van der Waals surface area contributed by atoms with Crippen LogP contribution >= 0.6 is 12.4 Å². The molecule has 1 atom stereocenters. The zero-order chi connectivity index (χ0) is 11.3. The second kappa shape index (κ2) is 6.98. The molecular weight excluding hydrogens is 230 g/mol. The van der Waals surface area contributed by atoms with Crippen LogP contribution in [0.2, 0.25) is 0 Å². The molecule has 0 aromatic heterocycles. The zero-order valence-electron chi connectivity index (χ0n) is 8.88. The van der Waals surface area contributed by atoms with Crippen LogP contribution in [0, 0.1) is 0 Å². The van der Waals surface area contributed by atoms with E-state index in [1.54, 1.807) is 24.3 Å². The van der Waals surface area contributed by atoms with E-state index in [9.17, 15) is 9.59 Å². The average molecular weight is 244 g/mol. The van der Waals surface area contributed by atoms with Gasteiger partial charge >= 0.3 is 5.97 Å². The molecule has 1 aromatic rings. The van der Waals surface area contributed by atoms with E-state index >= 15 is 0 Å². The first-order valence-corrected chi connectivity index (χ1v) is 4.59. The van der Waals surface area contributed by atoms with Crippen molar-refractivity contribution >= 4 is 24.2 Å². The van der Waals surface area contributed by atoms with Crippen LogP contribution in [0.4, 0.5) is 0 Å². The second-order valence-corrected chi connectivity index (χ2v) is 3.14. The Hall–Kier alpha value is -1.39. The minimum atomic E-state index is -0.795. The first kappa shape index (κ1) is 14.6. The number of carbonyl (C=O) groups is 2. The van der Waals surface area contributed by atoms with E-state index in [2.05, 4.69) is 4.74 Å².